The van der Waals surface area contributed by atoms with Crippen LogP contribution in [0.3, 0.4) is 0 Å². The van der Waals surface area contributed by atoms with Crippen LogP contribution in [0.4, 0.5) is 5.69 Å². The Balaban J connectivity index is 1.70. The number of para-hydroxylation sites is 2. The maximum atomic E-state index is 12.5. The minimum Gasteiger partial charge on any atom is -0.497 e. The molecule has 0 bridgehead atoms. The van der Waals surface area contributed by atoms with E-state index < -0.39 is 0 Å². The first kappa shape index (κ1) is 16.0. The summed E-state index contributed by atoms with van der Waals surface area (Å²) in [5.41, 5.74) is 1.75. The van der Waals surface area contributed by atoms with E-state index in [2.05, 4.69) is 10.3 Å². The summed E-state index contributed by atoms with van der Waals surface area (Å²) in [6.07, 6.45) is 0. The number of hydrogen-bond acceptors (Lipinski definition) is 5. The van der Waals surface area contributed by atoms with Gasteiger partial charge in [0.05, 0.1) is 25.4 Å². The van der Waals surface area contributed by atoms with E-state index in [0.29, 0.717) is 17.2 Å². The number of anilines is 1. The highest BCUT2D eigenvalue weighted by Crippen LogP contribution is 2.27. The molecular formula is C20H16N2O4. The standard InChI is InChI=1S/C20H16N2O4/c1-24-14-7-8-15-12(10-14)9-13-11-18(26-20(13)22-15)19(23)21-16-5-3-4-6-17(16)25-2/h3-11H,1-2H3,(H,21,23). The van der Waals surface area contributed by atoms with Crippen molar-refractivity contribution >= 4 is 33.6 Å². The van der Waals surface area contributed by atoms with Crippen molar-refractivity contribution in [2.45, 2.75) is 0 Å². The second-order valence-electron chi connectivity index (χ2n) is 5.71. The number of aromatic nitrogens is 1. The van der Waals surface area contributed by atoms with Crippen molar-refractivity contribution in [3.8, 4) is 11.5 Å². The first-order valence-corrected chi connectivity index (χ1v) is 8.00. The number of nitrogens with zero attached hydrogens (tertiary/aromatic N) is 1. The van der Waals surface area contributed by atoms with Gasteiger partial charge in [-0.25, -0.2) is 4.98 Å². The highest BCUT2D eigenvalue weighted by atomic mass is 16.5. The molecule has 4 rings (SSSR count). The van der Waals surface area contributed by atoms with E-state index in [1.807, 2.05) is 36.4 Å². The first-order valence-electron chi connectivity index (χ1n) is 8.00. The summed E-state index contributed by atoms with van der Waals surface area (Å²) in [5, 5.41) is 4.45. The van der Waals surface area contributed by atoms with Gasteiger partial charge in [-0.05, 0) is 42.5 Å². The van der Waals surface area contributed by atoms with Crippen molar-refractivity contribution in [2.24, 2.45) is 0 Å². The maximum Gasteiger partial charge on any atom is 0.291 e. The predicted molar refractivity (Wildman–Crippen MR) is 99.0 cm³/mol. The average molecular weight is 348 g/mol. The van der Waals surface area contributed by atoms with E-state index in [9.17, 15) is 4.79 Å². The minimum absolute atomic E-state index is 0.181. The number of ether oxygens (including phenoxy) is 2. The predicted octanol–water partition coefficient (Wildman–Crippen LogP) is 4.25. The Morgan fingerprint density at radius 1 is 1.00 bits per heavy atom. The third-order valence-corrected chi connectivity index (χ3v) is 4.09. The van der Waals surface area contributed by atoms with Gasteiger partial charge in [-0.1, -0.05) is 12.1 Å². The van der Waals surface area contributed by atoms with Gasteiger partial charge in [-0.3, -0.25) is 4.79 Å². The average Bonchev–Trinajstić information content (AvgIpc) is 3.09. The SMILES string of the molecule is COc1ccc2nc3oc(C(=O)Nc4ccccc4OC)cc3cc2c1. The van der Waals surface area contributed by atoms with E-state index in [-0.39, 0.29) is 11.7 Å². The number of carbonyl (C=O) groups excluding carboxylic acids is 1. The number of hydrogen-bond donors (Lipinski definition) is 1. The van der Waals surface area contributed by atoms with Crippen molar-refractivity contribution < 1.29 is 18.7 Å². The maximum absolute atomic E-state index is 12.5. The van der Waals surface area contributed by atoms with Gasteiger partial charge in [0.15, 0.2) is 5.76 Å². The van der Waals surface area contributed by atoms with E-state index in [4.69, 9.17) is 13.9 Å². The summed E-state index contributed by atoms with van der Waals surface area (Å²) in [6, 6.07) is 16.4. The molecule has 0 radical (unpaired) electrons. The summed E-state index contributed by atoms with van der Waals surface area (Å²) in [4.78, 5) is 17.0. The number of furan rings is 1. The molecule has 0 aliphatic carbocycles. The highest BCUT2D eigenvalue weighted by molar-refractivity contribution is 6.05. The third-order valence-electron chi connectivity index (χ3n) is 4.09. The van der Waals surface area contributed by atoms with Crippen LogP contribution in [0.2, 0.25) is 0 Å². The van der Waals surface area contributed by atoms with Gasteiger partial charge in [0.1, 0.15) is 11.5 Å². The van der Waals surface area contributed by atoms with Crippen LogP contribution in [-0.4, -0.2) is 25.1 Å². The molecule has 6 heteroatoms. The lowest BCUT2D eigenvalue weighted by molar-refractivity contribution is 0.0998. The zero-order valence-corrected chi connectivity index (χ0v) is 14.3. The van der Waals surface area contributed by atoms with E-state index in [1.54, 1.807) is 32.4 Å². The van der Waals surface area contributed by atoms with Crippen LogP contribution >= 0.6 is 0 Å². The number of fused-ring (bicyclic) bond motifs is 2. The van der Waals surface area contributed by atoms with Crippen LogP contribution in [0.1, 0.15) is 10.6 Å². The number of carbonyl (C=O) groups is 1. The molecule has 2 heterocycles. The number of amides is 1. The molecule has 1 amide bonds. The minimum atomic E-state index is -0.367. The lowest BCUT2D eigenvalue weighted by atomic mass is 10.2. The Morgan fingerprint density at radius 3 is 2.65 bits per heavy atom. The Kier molecular flexibility index (Phi) is 3.93. The Hall–Kier alpha value is -3.54. The van der Waals surface area contributed by atoms with Gasteiger partial charge < -0.3 is 19.2 Å². The molecule has 0 atom stereocenters. The Labute approximate surface area is 149 Å². The molecule has 0 saturated carbocycles. The van der Waals surface area contributed by atoms with Gasteiger partial charge in [-0.15, -0.1) is 0 Å². The largest absolute Gasteiger partial charge is 0.497 e. The quantitative estimate of drug-likeness (QED) is 0.597. The molecule has 26 heavy (non-hydrogen) atoms. The van der Waals surface area contributed by atoms with Gasteiger partial charge in [0, 0.05) is 10.8 Å². The molecule has 0 aliphatic rings. The van der Waals surface area contributed by atoms with Crippen molar-refractivity contribution in [3.63, 3.8) is 0 Å². The molecule has 1 N–H and O–H groups in total. The fourth-order valence-electron chi connectivity index (χ4n) is 2.78. The topological polar surface area (TPSA) is 73.6 Å². The fourth-order valence-corrected chi connectivity index (χ4v) is 2.78. The summed E-state index contributed by atoms with van der Waals surface area (Å²) >= 11 is 0. The first-order chi connectivity index (χ1) is 12.7. The van der Waals surface area contributed by atoms with Gasteiger partial charge >= 0.3 is 0 Å². The van der Waals surface area contributed by atoms with Crippen LogP contribution in [0, 0.1) is 0 Å². The number of methoxy groups -OCH3 is 2. The lowest BCUT2D eigenvalue weighted by Crippen LogP contribution is -2.11. The number of benzene rings is 2. The Morgan fingerprint density at radius 2 is 1.85 bits per heavy atom. The molecule has 2 aromatic carbocycles. The second kappa shape index (κ2) is 6.40. The van der Waals surface area contributed by atoms with Crippen LogP contribution in [0.15, 0.2) is 59.0 Å². The van der Waals surface area contributed by atoms with Crippen molar-refractivity contribution in [1.29, 1.82) is 0 Å². The molecule has 0 aliphatic heterocycles. The number of nitrogens with one attached hydrogen (secondary N) is 1. The fraction of sp³-hybridized carbons (Fsp3) is 0.100. The molecule has 0 saturated heterocycles. The summed E-state index contributed by atoms with van der Waals surface area (Å²) in [6.45, 7) is 0. The normalized spacial score (nSPS) is 10.8. The summed E-state index contributed by atoms with van der Waals surface area (Å²) in [7, 11) is 3.17. The number of rotatable bonds is 4. The van der Waals surface area contributed by atoms with Crippen LogP contribution in [-0.2, 0) is 0 Å². The molecular weight excluding hydrogens is 332 g/mol. The summed E-state index contributed by atoms with van der Waals surface area (Å²) in [5.74, 6) is 1.14. The smallest absolute Gasteiger partial charge is 0.291 e. The van der Waals surface area contributed by atoms with Crippen molar-refractivity contribution in [1.82, 2.24) is 4.98 Å². The highest BCUT2D eigenvalue weighted by Gasteiger charge is 2.15. The second-order valence-corrected chi connectivity index (χ2v) is 5.71. The van der Waals surface area contributed by atoms with Gasteiger partial charge in [-0.2, -0.15) is 0 Å². The van der Waals surface area contributed by atoms with Crippen molar-refractivity contribution in [3.05, 3.63) is 60.4 Å². The molecule has 6 nitrogen and oxygen atoms in total. The van der Waals surface area contributed by atoms with Gasteiger partial charge in [0.2, 0.25) is 5.71 Å². The zero-order valence-electron chi connectivity index (χ0n) is 14.3. The lowest BCUT2D eigenvalue weighted by Gasteiger charge is -2.08. The zero-order chi connectivity index (χ0) is 18.1. The summed E-state index contributed by atoms with van der Waals surface area (Å²) < 4.78 is 16.1. The van der Waals surface area contributed by atoms with E-state index in [0.717, 1.165) is 22.0 Å². The molecule has 2 aromatic heterocycles. The van der Waals surface area contributed by atoms with Crippen LogP contribution in [0.5, 0.6) is 11.5 Å². The third kappa shape index (κ3) is 2.82. The van der Waals surface area contributed by atoms with Crippen LogP contribution < -0.4 is 14.8 Å². The molecule has 0 spiro atoms. The van der Waals surface area contributed by atoms with Crippen molar-refractivity contribution in [2.75, 3.05) is 19.5 Å². The molecule has 4 aromatic rings. The molecule has 0 unspecified atom stereocenters. The Bertz CT molecular complexity index is 1120. The molecule has 130 valence electrons. The monoisotopic (exact) mass is 348 g/mol. The number of pyridine rings is 1. The van der Waals surface area contributed by atoms with E-state index in [1.165, 1.54) is 0 Å². The van der Waals surface area contributed by atoms with Crippen LogP contribution in [0.25, 0.3) is 22.0 Å². The molecule has 0 fully saturated rings. The van der Waals surface area contributed by atoms with Gasteiger partial charge in [0.25, 0.3) is 5.91 Å². The van der Waals surface area contributed by atoms with E-state index >= 15 is 0 Å².